The van der Waals surface area contributed by atoms with E-state index in [9.17, 15) is 4.79 Å². The second-order valence-electron chi connectivity index (χ2n) is 5.67. The molecule has 4 nitrogen and oxygen atoms in total. The fraction of sp³-hybridized carbons (Fsp3) is 0.200. The fourth-order valence-electron chi connectivity index (χ4n) is 2.37. The number of aromatic nitrogens is 1. The van der Waals surface area contributed by atoms with Gasteiger partial charge in [0, 0.05) is 11.8 Å². The number of para-hydroxylation sites is 1. The standard InChI is InChI=1S/C20H20N2O2S/c1-3-12-24-15-8-9-16(14(2)13-15)21-19(23)10-11-20-22-17-6-4-5-7-18(17)25-20/h4-11,13H,3,12H2,1-2H3,(H,21,23). The van der Waals surface area contributed by atoms with E-state index in [0.717, 1.165) is 38.6 Å². The largest absolute Gasteiger partial charge is 0.494 e. The van der Waals surface area contributed by atoms with Crippen LogP contribution in [-0.2, 0) is 4.79 Å². The highest BCUT2D eigenvalue weighted by atomic mass is 32.1. The highest BCUT2D eigenvalue weighted by Gasteiger charge is 2.05. The van der Waals surface area contributed by atoms with Gasteiger partial charge in [-0.3, -0.25) is 4.79 Å². The molecule has 0 saturated carbocycles. The molecule has 1 heterocycles. The normalized spacial score (nSPS) is 11.1. The number of hydrogen-bond acceptors (Lipinski definition) is 4. The van der Waals surface area contributed by atoms with E-state index in [1.165, 1.54) is 6.08 Å². The zero-order valence-electron chi connectivity index (χ0n) is 14.3. The van der Waals surface area contributed by atoms with E-state index in [1.807, 2.05) is 49.4 Å². The molecule has 0 saturated heterocycles. The van der Waals surface area contributed by atoms with Crippen LogP contribution in [0.1, 0.15) is 23.9 Å². The molecule has 3 aromatic rings. The van der Waals surface area contributed by atoms with E-state index in [4.69, 9.17) is 4.74 Å². The van der Waals surface area contributed by atoms with Crippen molar-refractivity contribution in [3.8, 4) is 5.75 Å². The maximum Gasteiger partial charge on any atom is 0.248 e. The van der Waals surface area contributed by atoms with Crippen molar-refractivity contribution in [3.05, 3.63) is 59.1 Å². The number of nitrogens with zero attached hydrogens (tertiary/aromatic N) is 1. The summed E-state index contributed by atoms with van der Waals surface area (Å²) in [5.74, 6) is 0.645. The van der Waals surface area contributed by atoms with Crippen LogP contribution in [0.5, 0.6) is 5.75 Å². The molecule has 1 aromatic heterocycles. The molecule has 0 spiro atoms. The zero-order valence-corrected chi connectivity index (χ0v) is 15.1. The first kappa shape index (κ1) is 17.2. The van der Waals surface area contributed by atoms with Crippen LogP contribution in [0.25, 0.3) is 16.3 Å². The Morgan fingerprint density at radius 3 is 2.88 bits per heavy atom. The lowest BCUT2D eigenvalue weighted by atomic mass is 10.2. The third-order valence-electron chi connectivity index (χ3n) is 3.62. The molecule has 0 fully saturated rings. The van der Waals surface area contributed by atoms with Crippen molar-refractivity contribution >= 4 is 39.2 Å². The summed E-state index contributed by atoms with van der Waals surface area (Å²) < 4.78 is 6.71. The van der Waals surface area contributed by atoms with E-state index >= 15 is 0 Å². The second-order valence-corrected chi connectivity index (χ2v) is 6.73. The molecule has 0 aliphatic heterocycles. The number of anilines is 1. The van der Waals surface area contributed by atoms with Crippen LogP contribution >= 0.6 is 11.3 Å². The van der Waals surface area contributed by atoms with Crippen molar-refractivity contribution in [1.82, 2.24) is 4.98 Å². The molecule has 1 amide bonds. The van der Waals surface area contributed by atoms with Crippen LogP contribution in [0, 0.1) is 6.92 Å². The molecule has 128 valence electrons. The Hall–Kier alpha value is -2.66. The van der Waals surface area contributed by atoms with E-state index < -0.39 is 0 Å². The number of nitrogens with one attached hydrogen (secondary N) is 1. The summed E-state index contributed by atoms with van der Waals surface area (Å²) in [5, 5.41) is 3.71. The van der Waals surface area contributed by atoms with Crippen LogP contribution in [-0.4, -0.2) is 17.5 Å². The van der Waals surface area contributed by atoms with Crippen molar-refractivity contribution in [2.75, 3.05) is 11.9 Å². The Kier molecular flexibility index (Phi) is 5.46. The number of benzene rings is 2. The Bertz CT molecular complexity index is 882. The summed E-state index contributed by atoms with van der Waals surface area (Å²) in [5.41, 5.74) is 2.70. The maximum atomic E-state index is 12.2. The molecule has 3 rings (SSSR count). The third kappa shape index (κ3) is 4.45. The molecule has 2 aromatic carbocycles. The summed E-state index contributed by atoms with van der Waals surface area (Å²) in [4.78, 5) is 16.6. The van der Waals surface area contributed by atoms with Gasteiger partial charge in [-0.15, -0.1) is 11.3 Å². The third-order valence-corrected chi connectivity index (χ3v) is 4.62. The number of carbonyl (C=O) groups excluding carboxylic acids is 1. The van der Waals surface area contributed by atoms with Gasteiger partial charge in [-0.05, 0) is 55.3 Å². The van der Waals surface area contributed by atoms with Crippen molar-refractivity contribution in [1.29, 1.82) is 0 Å². The van der Waals surface area contributed by atoms with Gasteiger partial charge in [0.15, 0.2) is 0 Å². The monoisotopic (exact) mass is 352 g/mol. The molecule has 1 N–H and O–H groups in total. The van der Waals surface area contributed by atoms with E-state index in [0.29, 0.717) is 6.61 Å². The minimum absolute atomic E-state index is 0.176. The minimum atomic E-state index is -0.176. The van der Waals surface area contributed by atoms with Crippen LogP contribution in [0.15, 0.2) is 48.5 Å². The molecular weight excluding hydrogens is 332 g/mol. The van der Waals surface area contributed by atoms with Crippen LogP contribution < -0.4 is 10.1 Å². The lowest BCUT2D eigenvalue weighted by Crippen LogP contribution is -2.09. The second kappa shape index (κ2) is 7.94. The molecule has 0 aliphatic rings. The molecule has 25 heavy (non-hydrogen) atoms. The Morgan fingerprint density at radius 1 is 1.28 bits per heavy atom. The number of rotatable bonds is 6. The topological polar surface area (TPSA) is 51.2 Å². The number of carbonyl (C=O) groups is 1. The average molecular weight is 352 g/mol. The molecule has 0 radical (unpaired) electrons. The van der Waals surface area contributed by atoms with E-state index in [2.05, 4.69) is 17.2 Å². The minimum Gasteiger partial charge on any atom is -0.494 e. The SMILES string of the molecule is CCCOc1ccc(NC(=O)C=Cc2nc3ccccc3s2)c(C)c1. The zero-order chi connectivity index (χ0) is 17.6. The Balaban J connectivity index is 1.65. The molecular formula is C20H20N2O2S. The van der Waals surface area contributed by atoms with Gasteiger partial charge in [0.25, 0.3) is 0 Å². The van der Waals surface area contributed by atoms with E-state index in [1.54, 1.807) is 17.4 Å². The highest BCUT2D eigenvalue weighted by Crippen LogP contribution is 2.23. The Morgan fingerprint density at radius 2 is 2.12 bits per heavy atom. The predicted molar refractivity (Wildman–Crippen MR) is 104 cm³/mol. The molecule has 0 aliphatic carbocycles. The van der Waals surface area contributed by atoms with Gasteiger partial charge in [-0.25, -0.2) is 4.98 Å². The Labute approximate surface area is 151 Å². The van der Waals surface area contributed by atoms with Crippen LogP contribution in [0.3, 0.4) is 0 Å². The van der Waals surface area contributed by atoms with Crippen molar-refractivity contribution < 1.29 is 9.53 Å². The summed E-state index contributed by atoms with van der Waals surface area (Å²) in [7, 11) is 0. The average Bonchev–Trinajstić information content (AvgIpc) is 3.03. The number of ether oxygens (including phenoxy) is 1. The van der Waals surface area contributed by atoms with Gasteiger partial charge in [0.2, 0.25) is 5.91 Å². The van der Waals surface area contributed by atoms with Crippen LogP contribution in [0.4, 0.5) is 5.69 Å². The van der Waals surface area contributed by atoms with Gasteiger partial charge < -0.3 is 10.1 Å². The summed E-state index contributed by atoms with van der Waals surface area (Å²) >= 11 is 1.56. The van der Waals surface area contributed by atoms with Gasteiger partial charge in [-0.1, -0.05) is 19.1 Å². The maximum absolute atomic E-state index is 12.2. The first-order valence-corrected chi connectivity index (χ1v) is 9.05. The molecule has 0 bridgehead atoms. The summed E-state index contributed by atoms with van der Waals surface area (Å²) in [6.45, 7) is 4.71. The molecule has 0 atom stereocenters. The number of amides is 1. The van der Waals surface area contributed by atoms with Crippen molar-refractivity contribution in [2.45, 2.75) is 20.3 Å². The number of fused-ring (bicyclic) bond motifs is 1. The fourth-order valence-corrected chi connectivity index (χ4v) is 3.24. The summed E-state index contributed by atoms with van der Waals surface area (Å²) in [6, 6.07) is 13.6. The number of hydrogen-bond donors (Lipinski definition) is 1. The highest BCUT2D eigenvalue weighted by molar-refractivity contribution is 7.19. The molecule has 0 unspecified atom stereocenters. The lowest BCUT2D eigenvalue weighted by molar-refractivity contribution is -0.111. The predicted octanol–water partition coefficient (Wildman–Crippen LogP) is 5.05. The van der Waals surface area contributed by atoms with Crippen molar-refractivity contribution in [2.24, 2.45) is 0 Å². The van der Waals surface area contributed by atoms with Gasteiger partial charge in [0.05, 0.1) is 16.8 Å². The van der Waals surface area contributed by atoms with Crippen molar-refractivity contribution in [3.63, 3.8) is 0 Å². The van der Waals surface area contributed by atoms with E-state index in [-0.39, 0.29) is 5.91 Å². The summed E-state index contributed by atoms with van der Waals surface area (Å²) in [6.07, 6.45) is 4.22. The van der Waals surface area contributed by atoms with Crippen LogP contribution in [0.2, 0.25) is 0 Å². The number of aryl methyl sites for hydroxylation is 1. The quantitative estimate of drug-likeness (QED) is 0.632. The first-order chi connectivity index (χ1) is 12.2. The van der Waals surface area contributed by atoms with Gasteiger partial charge >= 0.3 is 0 Å². The van der Waals surface area contributed by atoms with Gasteiger partial charge in [0.1, 0.15) is 10.8 Å². The lowest BCUT2D eigenvalue weighted by Gasteiger charge is -2.09. The molecule has 5 heteroatoms. The van der Waals surface area contributed by atoms with Gasteiger partial charge in [-0.2, -0.15) is 0 Å². The number of thiazole rings is 1. The smallest absolute Gasteiger partial charge is 0.248 e. The first-order valence-electron chi connectivity index (χ1n) is 8.24.